The van der Waals surface area contributed by atoms with Gasteiger partial charge in [-0.15, -0.1) is 0 Å². The van der Waals surface area contributed by atoms with Crippen molar-refractivity contribution in [1.29, 1.82) is 5.26 Å². The van der Waals surface area contributed by atoms with Crippen LogP contribution in [0.2, 0.25) is 5.02 Å². The Hall–Kier alpha value is -1.09. The summed E-state index contributed by atoms with van der Waals surface area (Å²) in [5.41, 5.74) is 0.275. The van der Waals surface area contributed by atoms with Gasteiger partial charge in [0.2, 0.25) is 10.0 Å². The summed E-state index contributed by atoms with van der Waals surface area (Å²) in [5, 5.41) is 8.97. The molecule has 1 aromatic rings. The smallest absolute Gasteiger partial charge is 0.208 e. The third kappa shape index (κ3) is 3.32. The van der Waals surface area contributed by atoms with Crippen LogP contribution in [0.25, 0.3) is 0 Å². The highest BCUT2D eigenvalue weighted by Crippen LogP contribution is 2.26. The molecular formula is C14H17ClN2O2S. The number of nitriles is 1. The van der Waals surface area contributed by atoms with Gasteiger partial charge < -0.3 is 0 Å². The predicted molar refractivity (Wildman–Crippen MR) is 77.9 cm³/mol. The maximum Gasteiger partial charge on any atom is 0.240 e. The predicted octanol–water partition coefficient (Wildman–Crippen LogP) is 3.07. The molecule has 108 valence electrons. The van der Waals surface area contributed by atoms with Gasteiger partial charge in [-0.25, -0.2) is 13.1 Å². The van der Waals surface area contributed by atoms with Crippen LogP contribution >= 0.6 is 11.6 Å². The highest BCUT2D eigenvalue weighted by atomic mass is 35.5. The number of benzene rings is 1. The van der Waals surface area contributed by atoms with Gasteiger partial charge >= 0.3 is 0 Å². The van der Waals surface area contributed by atoms with Crippen LogP contribution in [0.5, 0.6) is 0 Å². The van der Waals surface area contributed by atoms with Crippen LogP contribution < -0.4 is 4.72 Å². The minimum absolute atomic E-state index is 0.0248. The summed E-state index contributed by atoms with van der Waals surface area (Å²) >= 11 is 5.89. The molecule has 0 saturated heterocycles. The first-order valence-corrected chi connectivity index (χ1v) is 8.52. The summed E-state index contributed by atoms with van der Waals surface area (Å²) in [7, 11) is -3.58. The lowest BCUT2D eigenvalue weighted by atomic mass is 9.87. The normalized spacial score (nSPS) is 23.2. The van der Waals surface area contributed by atoms with Gasteiger partial charge in [-0.1, -0.05) is 31.4 Å². The standard InChI is InChI=1S/C14H17ClN2O2S/c1-10-4-2-3-5-14(10)17-20(18,19)12-7-6-11(9-16)13(15)8-12/h6-8,10,14,17H,2-5H2,1H3/t10-,14+/m0/s1. The second kappa shape index (κ2) is 6.13. The van der Waals surface area contributed by atoms with E-state index < -0.39 is 10.0 Å². The zero-order valence-corrected chi connectivity index (χ0v) is 12.8. The molecule has 0 radical (unpaired) electrons. The van der Waals surface area contributed by atoms with Crippen molar-refractivity contribution >= 4 is 21.6 Å². The summed E-state index contributed by atoms with van der Waals surface area (Å²) in [6.45, 7) is 2.07. The first-order chi connectivity index (χ1) is 9.44. The molecule has 0 unspecified atom stereocenters. The van der Waals surface area contributed by atoms with Gasteiger partial charge in [0.05, 0.1) is 15.5 Å². The Balaban J connectivity index is 2.22. The number of rotatable bonds is 3. The number of sulfonamides is 1. The molecule has 0 amide bonds. The maximum absolute atomic E-state index is 12.3. The lowest BCUT2D eigenvalue weighted by Gasteiger charge is -2.29. The van der Waals surface area contributed by atoms with Gasteiger partial charge in [-0.05, 0) is 37.0 Å². The zero-order chi connectivity index (χ0) is 14.8. The largest absolute Gasteiger partial charge is 0.240 e. The Morgan fingerprint density at radius 3 is 2.65 bits per heavy atom. The van der Waals surface area contributed by atoms with Crippen molar-refractivity contribution in [2.24, 2.45) is 5.92 Å². The minimum Gasteiger partial charge on any atom is -0.208 e. The molecule has 1 N–H and O–H groups in total. The fourth-order valence-corrected chi connectivity index (χ4v) is 4.20. The average Bonchev–Trinajstić information content (AvgIpc) is 2.41. The number of hydrogen-bond acceptors (Lipinski definition) is 3. The van der Waals surface area contributed by atoms with E-state index in [9.17, 15) is 8.42 Å². The number of hydrogen-bond donors (Lipinski definition) is 1. The lowest BCUT2D eigenvalue weighted by molar-refractivity contribution is 0.310. The third-order valence-corrected chi connectivity index (χ3v) is 5.59. The summed E-state index contributed by atoms with van der Waals surface area (Å²) in [5.74, 6) is 0.340. The number of nitrogens with one attached hydrogen (secondary N) is 1. The van der Waals surface area contributed by atoms with E-state index in [0.717, 1.165) is 25.7 Å². The molecule has 1 saturated carbocycles. The first kappa shape index (κ1) is 15.3. The van der Waals surface area contributed by atoms with Crippen molar-refractivity contribution < 1.29 is 8.42 Å². The molecule has 0 aromatic heterocycles. The molecule has 2 atom stereocenters. The second-order valence-electron chi connectivity index (χ2n) is 5.24. The summed E-state index contributed by atoms with van der Waals surface area (Å²) in [6, 6.07) is 6.07. The zero-order valence-electron chi connectivity index (χ0n) is 11.3. The molecule has 1 aliphatic rings. The van der Waals surface area contributed by atoms with Gasteiger partial charge in [0, 0.05) is 6.04 Å². The monoisotopic (exact) mass is 312 g/mol. The molecule has 20 heavy (non-hydrogen) atoms. The Labute approximate surface area is 124 Å². The minimum atomic E-state index is -3.58. The van der Waals surface area contributed by atoms with Crippen LogP contribution in [0.15, 0.2) is 23.1 Å². The van der Waals surface area contributed by atoms with Crippen molar-refractivity contribution in [3.05, 3.63) is 28.8 Å². The SMILES string of the molecule is C[C@H]1CCCC[C@H]1NS(=O)(=O)c1ccc(C#N)c(Cl)c1. The van der Waals surface area contributed by atoms with Gasteiger partial charge in [0.25, 0.3) is 0 Å². The van der Waals surface area contributed by atoms with Crippen LogP contribution in [0.4, 0.5) is 0 Å². The maximum atomic E-state index is 12.3. The van der Waals surface area contributed by atoms with E-state index in [1.54, 1.807) is 0 Å². The fourth-order valence-electron chi connectivity index (χ4n) is 2.51. The van der Waals surface area contributed by atoms with E-state index in [-0.39, 0.29) is 21.5 Å². The average molecular weight is 313 g/mol. The van der Waals surface area contributed by atoms with Gasteiger partial charge in [0.1, 0.15) is 6.07 Å². The topological polar surface area (TPSA) is 70.0 Å². The van der Waals surface area contributed by atoms with E-state index in [1.165, 1.54) is 18.2 Å². The summed E-state index contributed by atoms with van der Waals surface area (Å²) in [6.07, 6.45) is 4.11. The molecular weight excluding hydrogens is 296 g/mol. The van der Waals surface area contributed by atoms with Crippen molar-refractivity contribution in [1.82, 2.24) is 4.72 Å². The molecule has 6 heteroatoms. The Kier molecular flexibility index (Phi) is 4.69. The molecule has 1 fully saturated rings. The molecule has 4 nitrogen and oxygen atoms in total. The third-order valence-electron chi connectivity index (χ3n) is 3.79. The highest BCUT2D eigenvalue weighted by molar-refractivity contribution is 7.89. The summed E-state index contributed by atoms with van der Waals surface area (Å²) in [4.78, 5) is 0.110. The molecule has 2 rings (SSSR count). The molecule has 0 spiro atoms. The molecule has 0 aliphatic heterocycles. The quantitative estimate of drug-likeness (QED) is 0.932. The Morgan fingerprint density at radius 2 is 2.05 bits per heavy atom. The van der Waals surface area contributed by atoms with Crippen LogP contribution in [-0.4, -0.2) is 14.5 Å². The Bertz CT molecular complexity index is 637. The van der Waals surface area contributed by atoms with E-state index in [1.807, 2.05) is 6.07 Å². The van der Waals surface area contributed by atoms with Crippen LogP contribution in [-0.2, 0) is 10.0 Å². The molecule has 0 bridgehead atoms. The van der Waals surface area contributed by atoms with Crippen molar-refractivity contribution in [3.8, 4) is 6.07 Å². The van der Waals surface area contributed by atoms with E-state index in [0.29, 0.717) is 5.92 Å². The molecule has 1 aromatic carbocycles. The van der Waals surface area contributed by atoms with Crippen LogP contribution in [0.3, 0.4) is 0 Å². The van der Waals surface area contributed by atoms with Crippen molar-refractivity contribution in [2.45, 2.75) is 43.5 Å². The van der Waals surface area contributed by atoms with Gasteiger partial charge in [-0.3, -0.25) is 0 Å². The van der Waals surface area contributed by atoms with Crippen LogP contribution in [0, 0.1) is 17.2 Å². The number of halogens is 1. The number of nitrogens with zero attached hydrogens (tertiary/aromatic N) is 1. The van der Waals surface area contributed by atoms with Gasteiger partial charge in [0.15, 0.2) is 0 Å². The lowest BCUT2D eigenvalue weighted by Crippen LogP contribution is -2.40. The van der Waals surface area contributed by atoms with E-state index in [4.69, 9.17) is 16.9 Å². The molecule has 0 heterocycles. The summed E-state index contributed by atoms with van der Waals surface area (Å²) < 4.78 is 27.4. The molecule has 1 aliphatic carbocycles. The van der Waals surface area contributed by atoms with E-state index >= 15 is 0 Å². The van der Waals surface area contributed by atoms with Crippen LogP contribution in [0.1, 0.15) is 38.2 Å². The highest BCUT2D eigenvalue weighted by Gasteiger charge is 2.27. The fraction of sp³-hybridized carbons (Fsp3) is 0.500. The Morgan fingerprint density at radius 1 is 1.35 bits per heavy atom. The second-order valence-corrected chi connectivity index (χ2v) is 7.36. The first-order valence-electron chi connectivity index (χ1n) is 6.66. The van der Waals surface area contributed by atoms with Gasteiger partial charge in [-0.2, -0.15) is 5.26 Å². The van der Waals surface area contributed by atoms with E-state index in [2.05, 4.69) is 11.6 Å². The van der Waals surface area contributed by atoms with Crippen molar-refractivity contribution in [3.63, 3.8) is 0 Å². The van der Waals surface area contributed by atoms with Crippen molar-refractivity contribution in [2.75, 3.05) is 0 Å².